The van der Waals surface area contributed by atoms with Crippen LogP contribution >= 0.6 is 23.1 Å². The van der Waals surface area contributed by atoms with Gasteiger partial charge in [0.15, 0.2) is 4.34 Å². The van der Waals surface area contributed by atoms with E-state index in [0.717, 1.165) is 12.8 Å². The molecule has 144 valence electrons. The van der Waals surface area contributed by atoms with Crippen molar-refractivity contribution in [2.45, 2.75) is 55.7 Å². The van der Waals surface area contributed by atoms with Crippen LogP contribution in [0, 0.1) is 12.7 Å². The Morgan fingerprint density at radius 3 is 2.78 bits per heavy atom. The summed E-state index contributed by atoms with van der Waals surface area (Å²) in [6.45, 7) is 5.25. The summed E-state index contributed by atoms with van der Waals surface area (Å²) in [5.41, 5.74) is 0.945. The molecule has 0 bridgehead atoms. The van der Waals surface area contributed by atoms with Crippen LogP contribution in [0.4, 0.5) is 15.2 Å². The molecule has 0 spiro atoms. The highest BCUT2D eigenvalue weighted by molar-refractivity contribution is 8.02. The molecular formula is C18H21FN4O2S2. The molecule has 1 aliphatic rings. The summed E-state index contributed by atoms with van der Waals surface area (Å²) in [5.74, 6) is -0.566. The van der Waals surface area contributed by atoms with E-state index < -0.39 is 5.25 Å². The van der Waals surface area contributed by atoms with Gasteiger partial charge >= 0.3 is 0 Å². The van der Waals surface area contributed by atoms with Crippen LogP contribution in [0.1, 0.15) is 38.7 Å². The van der Waals surface area contributed by atoms with Crippen molar-refractivity contribution < 1.29 is 14.0 Å². The Labute approximate surface area is 165 Å². The average Bonchev–Trinajstić information content (AvgIpc) is 3.37. The quantitative estimate of drug-likeness (QED) is 0.553. The summed E-state index contributed by atoms with van der Waals surface area (Å²) in [4.78, 5) is 26.2. The second-order valence-corrected chi connectivity index (χ2v) is 8.96. The second-order valence-electron chi connectivity index (χ2n) is 6.41. The van der Waals surface area contributed by atoms with Crippen molar-refractivity contribution >= 4 is 45.7 Å². The Morgan fingerprint density at radius 1 is 1.41 bits per heavy atom. The first kappa shape index (κ1) is 19.8. The zero-order chi connectivity index (χ0) is 19.6. The predicted octanol–water partition coefficient (Wildman–Crippen LogP) is 4.01. The van der Waals surface area contributed by atoms with Gasteiger partial charge in [0.05, 0.1) is 5.25 Å². The molecule has 0 unspecified atom stereocenters. The molecule has 1 aliphatic carbocycles. The minimum atomic E-state index is -0.439. The van der Waals surface area contributed by atoms with E-state index in [1.54, 1.807) is 30.9 Å². The zero-order valence-electron chi connectivity index (χ0n) is 15.4. The van der Waals surface area contributed by atoms with E-state index in [1.807, 2.05) is 6.92 Å². The third kappa shape index (κ3) is 4.84. The Balaban J connectivity index is 1.62. The summed E-state index contributed by atoms with van der Waals surface area (Å²) in [7, 11) is 0. The van der Waals surface area contributed by atoms with E-state index in [1.165, 1.54) is 29.2 Å². The van der Waals surface area contributed by atoms with E-state index in [0.29, 0.717) is 27.1 Å². The second kappa shape index (κ2) is 8.35. The Hall–Kier alpha value is -2.00. The van der Waals surface area contributed by atoms with Crippen LogP contribution in [0.2, 0.25) is 0 Å². The van der Waals surface area contributed by atoms with Crippen LogP contribution in [-0.2, 0) is 9.59 Å². The number of carbonyl (C=O) groups excluding carboxylic acids is 2. The van der Waals surface area contributed by atoms with Gasteiger partial charge in [-0.1, -0.05) is 36.1 Å². The monoisotopic (exact) mass is 408 g/mol. The molecular weight excluding hydrogens is 387 g/mol. The van der Waals surface area contributed by atoms with Crippen molar-refractivity contribution in [1.82, 2.24) is 10.2 Å². The number of aromatic nitrogens is 2. The highest BCUT2D eigenvalue weighted by atomic mass is 32.2. The Kier molecular flexibility index (Phi) is 6.11. The van der Waals surface area contributed by atoms with E-state index in [2.05, 4.69) is 15.5 Å². The number of benzene rings is 1. The third-order valence-corrected chi connectivity index (χ3v) is 6.28. The lowest BCUT2D eigenvalue weighted by Crippen LogP contribution is -2.32. The predicted molar refractivity (Wildman–Crippen MR) is 106 cm³/mol. The Morgan fingerprint density at radius 2 is 2.15 bits per heavy atom. The third-order valence-electron chi connectivity index (χ3n) is 4.17. The fourth-order valence-corrected chi connectivity index (χ4v) is 4.51. The number of nitrogens with zero attached hydrogens (tertiary/aromatic N) is 3. The van der Waals surface area contributed by atoms with Crippen molar-refractivity contribution in [3.05, 3.63) is 29.6 Å². The lowest BCUT2D eigenvalue weighted by Gasteiger charge is -2.17. The van der Waals surface area contributed by atoms with Crippen molar-refractivity contribution in [2.75, 3.05) is 10.2 Å². The lowest BCUT2D eigenvalue weighted by molar-refractivity contribution is -0.118. The first-order valence-corrected chi connectivity index (χ1v) is 10.5. The Bertz CT molecular complexity index is 854. The maximum Gasteiger partial charge on any atom is 0.237 e. The number of rotatable bonds is 7. The van der Waals surface area contributed by atoms with Crippen LogP contribution in [0.15, 0.2) is 22.5 Å². The van der Waals surface area contributed by atoms with Gasteiger partial charge < -0.3 is 5.32 Å². The highest BCUT2D eigenvalue weighted by Crippen LogP contribution is 2.37. The maximum absolute atomic E-state index is 13.6. The maximum atomic E-state index is 13.6. The molecule has 1 aromatic heterocycles. The van der Waals surface area contributed by atoms with Crippen LogP contribution < -0.4 is 10.2 Å². The fraction of sp³-hybridized carbons (Fsp3) is 0.444. The van der Waals surface area contributed by atoms with E-state index >= 15 is 0 Å². The molecule has 1 fully saturated rings. The number of amides is 2. The minimum absolute atomic E-state index is 0.0392. The average molecular weight is 409 g/mol. The van der Waals surface area contributed by atoms with Gasteiger partial charge in [-0.3, -0.25) is 14.5 Å². The van der Waals surface area contributed by atoms with Crippen LogP contribution in [0.5, 0.6) is 0 Å². The van der Waals surface area contributed by atoms with Gasteiger partial charge in [0, 0.05) is 18.2 Å². The SMILES string of the molecule is CCC(=O)N(c1nnc(S[C@H](C)C(=O)Nc2ccc(C)c(F)c2)s1)C1CC1. The molecule has 27 heavy (non-hydrogen) atoms. The van der Waals surface area contributed by atoms with E-state index in [-0.39, 0.29) is 23.7 Å². The number of aryl methyl sites for hydroxylation is 1. The normalized spacial score (nSPS) is 14.7. The number of hydrogen-bond acceptors (Lipinski definition) is 6. The number of hydrogen-bond donors (Lipinski definition) is 1. The van der Waals surface area contributed by atoms with Crippen LogP contribution in [0.25, 0.3) is 0 Å². The summed E-state index contributed by atoms with van der Waals surface area (Å²) >= 11 is 2.58. The molecule has 1 heterocycles. The highest BCUT2D eigenvalue weighted by Gasteiger charge is 2.35. The zero-order valence-corrected chi connectivity index (χ0v) is 17.0. The van der Waals surface area contributed by atoms with Crippen molar-refractivity contribution in [3.8, 4) is 0 Å². The van der Waals surface area contributed by atoms with Crippen LogP contribution in [0.3, 0.4) is 0 Å². The molecule has 2 amide bonds. The van der Waals surface area contributed by atoms with Gasteiger partial charge in [-0.25, -0.2) is 4.39 Å². The smallest absolute Gasteiger partial charge is 0.237 e. The summed E-state index contributed by atoms with van der Waals surface area (Å²) < 4.78 is 14.2. The van der Waals surface area contributed by atoms with Gasteiger partial charge in [-0.2, -0.15) is 0 Å². The summed E-state index contributed by atoms with van der Waals surface area (Å²) in [5, 5.41) is 11.1. The molecule has 0 aliphatic heterocycles. The number of carbonyl (C=O) groups is 2. The standard InChI is InChI=1S/C18H21FN4O2S2/c1-4-15(24)23(13-7-8-13)17-21-22-18(27-17)26-11(3)16(25)20-12-6-5-10(2)14(19)9-12/h5-6,9,11,13H,4,7-8H2,1-3H3,(H,20,25)/t11-/m1/s1. The molecule has 6 nitrogen and oxygen atoms in total. The van der Waals surface area contributed by atoms with Gasteiger partial charge in [0.25, 0.3) is 0 Å². The molecule has 0 saturated heterocycles. The molecule has 2 aromatic rings. The van der Waals surface area contributed by atoms with Gasteiger partial charge in [0.2, 0.25) is 16.9 Å². The molecule has 1 N–H and O–H groups in total. The summed E-state index contributed by atoms with van der Waals surface area (Å²) in [6.07, 6.45) is 2.39. The van der Waals surface area contributed by atoms with Crippen molar-refractivity contribution in [2.24, 2.45) is 0 Å². The molecule has 1 aromatic carbocycles. The van der Waals surface area contributed by atoms with Gasteiger partial charge in [0.1, 0.15) is 5.82 Å². The van der Waals surface area contributed by atoms with Crippen LogP contribution in [-0.4, -0.2) is 33.3 Å². The molecule has 1 saturated carbocycles. The lowest BCUT2D eigenvalue weighted by atomic mass is 10.2. The fourth-order valence-electron chi connectivity index (χ4n) is 2.44. The molecule has 3 rings (SSSR count). The van der Waals surface area contributed by atoms with Gasteiger partial charge in [-0.05, 0) is 44.4 Å². The topological polar surface area (TPSA) is 75.2 Å². The molecule has 1 atom stereocenters. The molecule has 9 heteroatoms. The number of thioether (sulfide) groups is 1. The van der Waals surface area contributed by atoms with Crippen molar-refractivity contribution in [3.63, 3.8) is 0 Å². The largest absolute Gasteiger partial charge is 0.325 e. The first-order valence-electron chi connectivity index (χ1n) is 8.78. The number of anilines is 2. The number of halogens is 1. The minimum Gasteiger partial charge on any atom is -0.325 e. The first-order chi connectivity index (χ1) is 12.9. The van der Waals surface area contributed by atoms with Gasteiger partial charge in [-0.15, -0.1) is 10.2 Å². The summed E-state index contributed by atoms with van der Waals surface area (Å²) in [6, 6.07) is 4.82. The van der Waals surface area contributed by atoms with E-state index in [4.69, 9.17) is 0 Å². The van der Waals surface area contributed by atoms with E-state index in [9.17, 15) is 14.0 Å². The number of nitrogens with one attached hydrogen (secondary N) is 1. The van der Waals surface area contributed by atoms with Crippen molar-refractivity contribution in [1.29, 1.82) is 0 Å². The molecule has 0 radical (unpaired) electrons.